The lowest BCUT2D eigenvalue weighted by molar-refractivity contribution is -0.314. The number of hydrogen-bond acceptors (Lipinski definition) is 13. The average Bonchev–Trinajstić information content (AvgIpc) is 3.90. The molecule has 12 nitrogen and oxygen atoms in total. The van der Waals surface area contributed by atoms with Gasteiger partial charge in [0, 0.05) is 55.9 Å². The van der Waals surface area contributed by atoms with E-state index in [0.717, 1.165) is 67.8 Å². The van der Waals surface area contributed by atoms with E-state index in [2.05, 4.69) is 45.7 Å². The van der Waals surface area contributed by atoms with E-state index >= 15 is 4.79 Å². The third-order valence-corrected chi connectivity index (χ3v) is 15.5. The Hall–Kier alpha value is -1.81. The van der Waals surface area contributed by atoms with Crippen molar-refractivity contribution in [2.45, 2.75) is 179 Å². The van der Waals surface area contributed by atoms with Crippen molar-refractivity contribution in [2.75, 3.05) is 34.9 Å². The molecule has 0 bridgehead atoms. The highest BCUT2D eigenvalue weighted by Crippen LogP contribution is 2.62. The quantitative estimate of drug-likeness (QED) is 0.233. The van der Waals surface area contributed by atoms with Crippen molar-refractivity contribution in [3.8, 4) is 0 Å². The summed E-state index contributed by atoms with van der Waals surface area (Å²) >= 11 is 1.75. The van der Waals surface area contributed by atoms with Gasteiger partial charge in [0.05, 0.1) is 41.5 Å². The summed E-state index contributed by atoms with van der Waals surface area (Å²) in [5, 5.41) is 0.999. The van der Waals surface area contributed by atoms with Crippen molar-refractivity contribution in [3.05, 3.63) is 27.2 Å². The smallest absolute Gasteiger partial charge is 0.306 e. The van der Waals surface area contributed by atoms with Crippen LogP contribution in [0.15, 0.2) is 11.6 Å². The number of cyclic esters (lactones) is 1. The number of carbonyl (C=O) groups excluding carboxylic acids is 2. The molecule has 17 atom stereocenters. The lowest BCUT2D eigenvalue weighted by Crippen LogP contribution is -2.59. The monoisotopic (exact) mass is 816 g/mol. The fraction of sp³-hybridized carbons (Fsp3) is 0.841. The topological polar surface area (TPSA) is 124 Å². The number of hydrogen-bond donors (Lipinski definition) is 0. The number of ether oxygens (including phenoxy) is 8. The lowest BCUT2D eigenvalue weighted by Gasteiger charge is -2.44. The first-order valence-corrected chi connectivity index (χ1v) is 22.6. The number of aromatic nitrogens is 1. The molecule has 0 amide bonds. The number of methoxy groups -OCH3 is 3. The van der Waals surface area contributed by atoms with E-state index in [0.29, 0.717) is 12.5 Å². The minimum atomic E-state index is -0.628. The van der Waals surface area contributed by atoms with E-state index in [4.69, 9.17) is 42.9 Å². The SMILES string of the molecule is CC[C@H]1CCC[C@H](O[C@H]2CC[C@H](N(C)CC)C(C)O2)[C@@H](C)C(=O)C2=C[C@H]3[C@@H]4C[C@H](OC5OC(C)C(OC)C(OC)C5OC)C[C@H]4c4sc(C)nc4[C@H]3[C@@H]2CC(=O)O1. The molecular weight excluding hydrogens is 749 g/mol. The minimum absolute atomic E-state index is 0.0250. The molecule has 0 aromatic carbocycles. The maximum atomic E-state index is 15.0. The number of aryl methyl sites for hydroxylation is 1. The van der Waals surface area contributed by atoms with Crippen LogP contribution in [-0.2, 0) is 47.5 Å². The largest absolute Gasteiger partial charge is 0.462 e. The second-order valence-electron chi connectivity index (χ2n) is 17.6. The van der Waals surface area contributed by atoms with Gasteiger partial charge in [0.2, 0.25) is 0 Å². The number of thiazole rings is 1. The molecule has 7 rings (SSSR count). The number of carbonyl (C=O) groups is 2. The molecule has 320 valence electrons. The number of likely N-dealkylation sites (N-methyl/N-ethyl adjacent to an activating group) is 1. The Morgan fingerprint density at radius 3 is 2.33 bits per heavy atom. The van der Waals surface area contributed by atoms with Gasteiger partial charge in [-0.05, 0) is 103 Å². The molecule has 3 aliphatic heterocycles. The van der Waals surface area contributed by atoms with Crippen LogP contribution in [0.25, 0.3) is 0 Å². The van der Waals surface area contributed by atoms with Crippen molar-refractivity contribution in [1.82, 2.24) is 9.88 Å². The zero-order valence-corrected chi connectivity index (χ0v) is 36.7. The third kappa shape index (κ3) is 8.58. The molecule has 1 saturated carbocycles. The van der Waals surface area contributed by atoms with Crippen molar-refractivity contribution in [1.29, 1.82) is 0 Å². The number of Topliss-reactive ketones (excluding diaryl/α,β-unsaturated/α-hetero) is 1. The van der Waals surface area contributed by atoms with Crippen molar-refractivity contribution in [2.24, 2.45) is 23.7 Å². The predicted octanol–water partition coefficient (Wildman–Crippen LogP) is 6.72. The van der Waals surface area contributed by atoms with E-state index in [1.54, 1.807) is 32.7 Å². The second kappa shape index (κ2) is 18.4. The molecule has 3 saturated heterocycles. The van der Waals surface area contributed by atoms with Crippen molar-refractivity contribution < 1.29 is 47.5 Å². The van der Waals surface area contributed by atoms with Gasteiger partial charge in [0.1, 0.15) is 24.4 Å². The van der Waals surface area contributed by atoms with Gasteiger partial charge in [-0.1, -0.05) is 26.8 Å². The zero-order valence-electron chi connectivity index (χ0n) is 35.8. The standard InChI is InChI=1S/C44H68N2O10S/c1-11-26-14-13-15-34(56-36-17-16-33(23(4)52-36)46(7)12-2)22(3)39(48)31-20-29-28-18-27(55-44-42(51-10)41(50-9)40(49-8)24(5)53-44)19-32(28)43-38(45-25(6)57-43)37(29)30(31)21-35(47)54-26/h20,22-24,26-30,32-34,36-37,40-42,44H,11-19,21H2,1-10H3/t22-,23?,24?,26+,27+,28+,29+,30-,32-,33+,34+,36+,37-,40?,41?,42?,44?/m1/s1. The van der Waals surface area contributed by atoms with Gasteiger partial charge in [-0.2, -0.15) is 0 Å². The van der Waals surface area contributed by atoms with E-state index < -0.39 is 18.3 Å². The number of ketones is 1. The van der Waals surface area contributed by atoms with Crippen LogP contribution < -0.4 is 0 Å². The predicted molar refractivity (Wildman–Crippen MR) is 215 cm³/mol. The summed E-state index contributed by atoms with van der Waals surface area (Å²) in [6.45, 7) is 13.4. The van der Waals surface area contributed by atoms with Crippen LogP contribution in [0.4, 0.5) is 0 Å². The molecule has 1 aromatic heterocycles. The molecule has 4 heterocycles. The van der Waals surface area contributed by atoms with Gasteiger partial charge >= 0.3 is 5.97 Å². The highest BCUT2D eigenvalue weighted by Gasteiger charge is 2.57. The Morgan fingerprint density at radius 1 is 0.895 bits per heavy atom. The van der Waals surface area contributed by atoms with Gasteiger partial charge in [-0.15, -0.1) is 11.3 Å². The van der Waals surface area contributed by atoms with Crippen LogP contribution in [-0.4, -0.2) is 124 Å². The van der Waals surface area contributed by atoms with E-state index in [9.17, 15) is 4.79 Å². The lowest BCUT2D eigenvalue weighted by atomic mass is 9.67. The highest BCUT2D eigenvalue weighted by atomic mass is 32.1. The summed E-state index contributed by atoms with van der Waals surface area (Å²) in [6, 6.07) is 0.340. The van der Waals surface area contributed by atoms with Gasteiger partial charge in [0.15, 0.2) is 18.4 Å². The summed E-state index contributed by atoms with van der Waals surface area (Å²) < 4.78 is 50.3. The number of esters is 1. The summed E-state index contributed by atoms with van der Waals surface area (Å²) in [5.41, 5.74) is 1.77. The first-order chi connectivity index (χ1) is 27.4. The molecule has 0 N–H and O–H groups in total. The first-order valence-electron chi connectivity index (χ1n) is 21.7. The summed E-state index contributed by atoms with van der Waals surface area (Å²) in [5.74, 6) is -0.563. The number of nitrogens with zero attached hydrogens (tertiary/aromatic N) is 2. The number of allylic oxidation sites excluding steroid dienone is 2. The van der Waals surface area contributed by atoms with Crippen LogP contribution in [0.5, 0.6) is 0 Å². The summed E-state index contributed by atoms with van der Waals surface area (Å²) in [6.07, 6.45) is 5.78. The van der Waals surface area contributed by atoms with E-state index in [1.165, 1.54) is 4.88 Å². The molecule has 0 spiro atoms. The average molecular weight is 817 g/mol. The molecule has 3 aliphatic carbocycles. The van der Waals surface area contributed by atoms with Gasteiger partial charge in [-0.25, -0.2) is 4.98 Å². The van der Waals surface area contributed by atoms with Crippen LogP contribution >= 0.6 is 11.3 Å². The van der Waals surface area contributed by atoms with Crippen LogP contribution in [0, 0.1) is 30.6 Å². The molecule has 6 aliphatic rings. The minimum Gasteiger partial charge on any atom is -0.462 e. The molecule has 6 unspecified atom stereocenters. The Bertz CT molecular complexity index is 1590. The van der Waals surface area contributed by atoms with Gasteiger partial charge in [0.25, 0.3) is 0 Å². The zero-order chi connectivity index (χ0) is 40.7. The third-order valence-electron chi connectivity index (χ3n) is 14.4. The molecular formula is C44H68N2O10S. The normalized spacial score (nSPS) is 42.6. The fourth-order valence-electron chi connectivity index (χ4n) is 11.3. The molecule has 57 heavy (non-hydrogen) atoms. The van der Waals surface area contributed by atoms with Crippen LogP contribution in [0.1, 0.15) is 120 Å². The van der Waals surface area contributed by atoms with E-state index in [1.807, 2.05) is 13.8 Å². The van der Waals surface area contributed by atoms with Crippen molar-refractivity contribution in [3.63, 3.8) is 0 Å². The fourth-order valence-corrected chi connectivity index (χ4v) is 12.5. The Kier molecular flexibility index (Phi) is 14.0. The first kappa shape index (κ1) is 43.3. The molecule has 13 heteroatoms. The van der Waals surface area contributed by atoms with Crippen LogP contribution in [0.3, 0.4) is 0 Å². The Labute approximate surface area is 344 Å². The molecule has 0 radical (unpaired) electrons. The van der Waals surface area contributed by atoms with E-state index in [-0.39, 0.29) is 96.8 Å². The van der Waals surface area contributed by atoms with Gasteiger partial charge in [-0.3, -0.25) is 9.59 Å². The molecule has 4 fully saturated rings. The summed E-state index contributed by atoms with van der Waals surface area (Å²) in [4.78, 5) is 37.6. The number of fused-ring (bicyclic) bond motifs is 8. The van der Waals surface area contributed by atoms with Crippen LogP contribution in [0.2, 0.25) is 0 Å². The van der Waals surface area contributed by atoms with Gasteiger partial charge < -0.3 is 42.8 Å². The summed E-state index contributed by atoms with van der Waals surface area (Å²) in [7, 11) is 7.13. The maximum absolute atomic E-state index is 15.0. The molecule has 1 aromatic rings. The van der Waals surface area contributed by atoms with Crippen molar-refractivity contribution >= 4 is 23.1 Å². The maximum Gasteiger partial charge on any atom is 0.306 e. The Balaban J connectivity index is 1.17. The Morgan fingerprint density at radius 2 is 1.65 bits per heavy atom. The highest BCUT2D eigenvalue weighted by molar-refractivity contribution is 7.11. The second-order valence-corrected chi connectivity index (χ2v) is 18.8. The number of rotatable bonds is 10.